The number of aromatic amines is 1. The van der Waals surface area contributed by atoms with Gasteiger partial charge in [0.15, 0.2) is 17.1 Å². The zero-order chi connectivity index (χ0) is 18.6. The van der Waals surface area contributed by atoms with Gasteiger partial charge in [-0.2, -0.15) is 0 Å². The monoisotopic (exact) mass is 367 g/mol. The van der Waals surface area contributed by atoms with Crippen LogP contribution in [0.15, 0.2) is 41.3 Å². The number of nitrogens with one attached hydrogen (secondary N) is 2. The zero-order valence-electron chi connectivity index (χ0n) is 14.9. The fraction of sp³-hybridized carbons (Fsp3) is 0.368. The molecule has 0 bridgehead atoms. The van der Waals surface area contributed by atoms with E-state index in [2.05, 4.69) is 20.3 Å². The number of fused-ring (bicyclic) bond motifs is 1. The lowest BCUT2D eigenvalue weighted by Crippen LogP contribution is -2.22. The molecule has 1 aromatic carbocycles. The summed E-state index contributed by atoms with van der Waals surface area (Å²) in [4.78, 5) is 36.0. The molecule has 0 unspecified atom stereocenters. The number of carbonyl (C=O) groups excluding carboxylic acids is 1. The van der Waals surface area contributed by atoms with Crippen LogP contribution in [0.25, 0.3) is 11.3 Å². The molecule has 1 fully saturated rings. The molecule has 8 heteroatoms. The van der Waals surface area contributed by atoms with Crippen LogP contribution in [0.3, 0.4) is 0 Å². The standard InChI is InChI=1S/C19H21N5O3/c25-18(14-4-2-1-3-5-14)22-15-12-20-16-17(21-15)24(19(26)23-16)9-6-13-7-10-27-11-8-13/h1-5,12-13H,6-11H2,(H,20,23,26)(H,21,22,25). The second-order valence-corrected chi connectivity index (χ2v) is 6.67. The molecule has 0 aliphatic carbocycles. The van der Waals surface area contributed by atoms with Gasteiger partial charge in [-0.1, -0.05) is 18.2 Å². The van der Waals surface area contributed by atoms with Gasteiger partial charge in [0.1, 0.15) is 0 Å². The summed E-state index contributed by atoms with van der Waals surface area (Å²) in [5, 5.41) is 2.73. The Morgan fingerprint density at radius 1 is 1.26 bits per heavy atom. The molecular weight excluding hydrogens is 346 g/mol. The summed E-state index contributed by atoms with van der Waals surface area (Å²) in [6, 6.07) is 8.89. The van der Waals surface area contributed by atoms with Crippen molar-refractivity contribution < 1.29 is 9.53 Å². The van der Waals surface area contributed by atoms with Gasteiger partial charge in [0.05, 0.1) is 6.20 Å². The first-order chi connectivity index (χ1) is 13.2. The van der Waals surface area contributed by atoms with Crippen molar-refractivity contribution in [3.05, 3.63) is 52.6 Å². The lowest BCUT2D eigenvalue weighted by molar-refractivity contribution is 0.0626. The summed E-state index contributed by atoms with van der Waals surface area (Å²) < 4.78 is 6.98. The van der Waals surface area contributed by atoms with E-state index in [1.807, 2.05) is 6.07 Å². The van der Waals surface area contributed by atoms with E-state index in [0.29, 0.717) is 35.1 Å². The van der Waals surface area contributed by atoms with Crippen LogP contribution >= 0.6 is 0 Å². The van der Waals surface area contributed by atoms with Crippen LogP contribution in [0.4, 0.5) is 5.82 Å². The Morgan fingerprint density at radius 2 is 2.04 bits per heavy atom. The van der Waals surface area contributed by atoms with E-state index in [1.54, 1.807) is 28.8 Å². The van der Waals surface area contributed by atoms with Crippen LogP contribution < -0.4 is 11.0 Å². The van der Waals surface area contributed by atoms with Gasteiger partial charge >= 0.3 is 5.69 Å². The van der Waals surface area contributed by atoms with Crippen LogP contribution in [0.1, 0.15) is 29.6 Å². The van der Waals surface area contributed by atoms with Gasteiger partial charge in [-0.05, 0) is 37.3 Å². The number of ether oxygens (including phenoxy) is 1. The van der Waals surface area contributed by atoms with Gasteiger partial charge in [0, 0.05) is 25.3 Å². The minimum Gasteiger partial charge on any atom is -0.381 e. The summed E-state index contributed by atoms with van der Waals surface area (Å²) >= 11 is 0. The van der Waals surface area contributed by atoms with E-state index in [4.69, 9.17) is 4.74 Å². The molecule has 1 aliphatic rings. The molecule has 1 aliphatic heterocycles. The summed E-state index contributed by atoms with van der Waals surface area (Å²) in [7, 11) is 0. The number of hydrogen-bond donors (Lipinski definition) is 2. The molecule has 3 aromatic rings. The Morgan fingerprint density at radius 3 is 2.81 bits per heavy atom. The Balaban J connectivity index is 1.54. The predicted molar refractivity (Wildman–Crippen MR) is 101 cm³/mol. The first kappa shape index (κ1) is 17.4. The number of anilines is 1. The molecule has 1 saturated heterocycles. The summed E-state index contributed by atoms with van der Waals surface area (Å²) in [5.41, 5.74) is 1.18. The summed E-state index contributed by atoms with van der Waals surface area (Å²) in [5.74, 6) is 0.593. The van der Waals surface area contributed by atoms with Crippen LogP contribution in [-0.4, -0.2) is 38.6 Å². The number of benzene rings is 1. The van der Waals surface area contributed by atoms with Gasteiger partial charge in [-0.25, -0.2) is 14.8 Å². The highest BCUT2D eigenvalue weighted by Crippen LogP contribution is 2.20. The zero-order valence-corrected chi connectivity index (χ0v) is 14.9. The topological polar surface area (TPSA) is 102 Å². The number of imidazole rings is 1. The number of carbonyl (C=O) groups is 1. The molecule has 0 radical (unpaired) electrons. The average molecular weight is 367 g/mol. The van der Waals surface area contributed by atoms with Gasteiger partial charge < -0.3 is 10.1 Å². The highest BCUT2D eigenvalue weighted by Gasteiger charge is 2.17. The van der Waals surface area contributed by atoms with Crippen LogP contribution in [0.5, 0.6) is 0 Å². The maximum absolute atomic E-state index is 12.3. The van der Waals surface area contributed by atoms with Crippen molar-refractivity contribution in [2.45, 2.75) is 25.8 Å². The molecule has 1 amide bonds. The highest BCUT2D eigenvalue weighted by atomic mass is 16.5. The van der Waals surface area contributed by atoms with E-state index >= 15 is 0 Å². The Hall–Kier alpha value is -3.00. The molecule has 0 spiro atoms. The molecule has 0 saturated carbocycles. The first-order valence-electron chi connectivity index (χ1n) is 9.10. The Kier molecular flexibility index (Phi) is 4.97. The molecule has 8 nitrogen and oxygen atoms in total. The predicted octanol–water partition coefficient (Wildman–Crippen LogP) is 2.19. The minimum atomic E-state index is -0.268. The molecular formula is C19H21N5O3. The van der Waals surface area contributed by atoms with Gasteiger partial charge in [0.25, 0.3) is 5.91 Å². The first-order valence-corrected chi connectivity index (χ1v) is 9.10. The highest BCUT2D eigenvalue weighted by molar-refractivity contribution is 6.03. The molecule has 0 atom stereocenters. The van der Waals surface area contributed by atoms with Crippen LogP contribution in [0, 0.1) is 5.92 Å². The molecule has 27 heavy (non-hydrogen) atoms. The van der Waals surface area contributed by atoms with Crippen molar-refractivity contribution in [2.75, 3.05) is 18.5 Å². The van der Waals surface area contributed by atoms with Gasteiger partial charge in [-0.15, -0.1) is 0 Å². The third-order valence-electron chi connectivity index (χ3n) is 4.86. The lowest BCUT2D eigenvalue weighted by atomic mass is 9.97. The quantitative estimate of drug-likeness (QED) is 0.720. The SMILES string of the molecule is O=C(Nc1cnc2[nH]c(=O)n(CCC3CCOCC3)c2n1)c1ccccc1. The number of amides is 1. The third-order valence-corrected chi connectivity index (χ3v) is 4.86. The molecule has 2 N–H and O–H groups in total. The molecule has 2 aromatic heterocycles. The van der Waals surface area contributed by atoms with Gasteiger partial charge in [0.2, 0.25) is 0 Å². The number of hydrogen-bond acceptors (Lipinski definition) is 5. The molecule has 140 valence electrons. The Bertz CT molecular complexity index is 989. The van der Waals surface area contributed by atoms with Gasteiger partial charge in [-0.3, -0.25) is 14.3 Å². The lowest BCUT2D eigenvalue weighted by Gasteiger charge is -2.21. The van der Waals surface area contributed by atoms with Crippen molar-refractivity contribution in [3.8, 4) is 0 Å². The number of H-pyrrole nitrogens is 1. The van der Waals surface area contributed by atoms with E-state index in [-0.39, 0.29) is 11.6 Å². The fourth-order valence-electron chi connectivity index (χ4n) is 3.31. The number of nitrogens with zero attached hydrogens (tertiary/aromatic N) is 3. The number of aryl methyl sites for hydroxylation is 1. The Labute approximate surface area is 155 Å². The van der Waals surface area contributed by atoms with Crippen molar-refractivity contribution >= 4 is 23.0 Å². The third kappa shape index (κ3) is 3.90. The van der Waals surface area contributed by atoms with Crippen molar-refractivity contribution in [2.24, 2.45) is 5.92 Å². The smallest absolute Gasteiger partial charge is 0.328 e. The van der Waals surface area contributed by atoms with Crippen LogP contribution in [-0.2, 0) is 11.3 Å². The largest absolute Gasteiger partial charge is 0.381 e. The fourth-order valence-corrected chi connectivity index (χ4v) is 3.31. The summed E-state index contributed by atoms with van der Waals surface area (Å²) in [6.45, 7) is 2.13. The number of aromatic nitrogens is 4. The maximum atomic E-state index is 12.3. The van der Waals surface area contributed by atoms with Crippen LogP contribution in [0.2, 0.25) is 0 Å². The summed E-state index contributed by atoms with van der Waals surface area (Å²) in [6.07, 6.45) is 4.36. The van der Waals surface area contributed by atoms with Crippen molar-refractivity contribution in [3.63, 3.8) is 0 Å². The number of rotatable bonds is 5. The van der Waals surface area contributed by atoms with E-state index in [0.717, 1.165) is 32.5 Å². The van der Waals surface area contributed by atoms with Crippen molar-refractivity contribution in [1.82, 2.24) is 19.5 Å². The molecule has 4 rings (SSSR count). The van der Waals surface area contributed by atoms with Crippen molar-refractivity contribution in [1.29, 1.82) is 0 Å². The maximum Gasteiger partial charge on any atom is 0.328 e. The second-order valence-electron chi connectivity index (χ2n) is 6.67. The van der Waals surface area contributed by atoms with E-state index in [1.165, 1.54) is 6.20 Å². The average Bonchev–Trinajstić information content (AvgIpc) is 3.02. The van der Waals surface area contributed by atoms with E-state index in [9.17, 15) is 9.59 Å². The van der Waals surface area contributed by atoms with E-state index < -0.39 is 0 Å². The second kappa shape index (κ2) is 7.71. The minimum absolute atomic E-state index is 0.233. The normalized spacial score (nSPS) is 15.1. The molecule has 3 heterocycles.